The molecular formula is C9H11NO2. The van der Waals surface area contributed by atoms with Crippen LogP contribution < -0.4 is 5.56 Å². The van der Waals surface area contributed by atoms with Crippen molar-refractivity contribution in [1.29, 1.82) is 0 Å². The normalized spacial score (nSPS) is 20.9. The minimum Gasteiger partial charge on any atom is -0.371 e. The summed E-state index contributed by atoms with van der Waals surface area (Å²) in [7, 11) is 0. The molecule has 1 aliphatic rings. The fourth-order valence-electron chi connectivity index (χ4n) is 1.23. The zero-order chi connectivity index (χ0) is 8.55. The molecule has 1 unspecified atom stereocenters. The van der Waals surface area contributed by atoms with Crippen LogP contribution in [-0.2, 0) is 11.3 Å². The molecule has 1 saturated heterocycles. The standard InChI is InChI=1S/C9H11NO2/c1-7-3-2-4-9(11)10(7)5-8-6-12-8/h2-4,8H,5-6H2,1H3. The molecule has 1 aliphatic heterocycles. The van der Waals surface area contributed by atoms with Gasteiger partial charge in [0.25, 0.3) is 5.56 Å². The number of pyridine rings is 1. The molecule has 1 atom stereocenters. The van der Waals surface area contributed by atoms with Crippen molar-refractivity contribution in [1.82, 2.24) is 4.57 Å². The number of aromatic nitrogens is 1. The summed E-state index contributed by atoms with van der Waals surface area (Å²) in [4.78, 5) is 11.3. The van der Waals surface area contributed by atoms with Crippen LogP contribution in [0, 0.1) is 6.92 Å². The molecule has 2 heterocycles. The Morgan fingerprint density at radius 1 is 1.67 bits per heavy atom. The predicted octanol–water partition coefficient (Wildman–Crippen LogP) is 0.556. The molecule has 1 aromatic heterocycles. The van der Waals surface area contributed by atoms with Gasteiger partial charge in [-0.3, -0.25) is 4.79 Å². The molecule has 1 aromatic rings. The lowest BCUT2D eigenvalue weighted by Crippen LogP contribution is -2.23. The summed E-state index contributed by atoms with van der Waals surface area (Å²) < 4.78 is 6.81. The predicted molar refractivity (Wildman–Crippen MR) is 45.2 cm³/mol. The second-order valence-electron chi connectivity index (χ2n) is 3.07. The van der Waals surface area contributed by atoms with Crippen molar-refractivity contribution in [2.45, 2.75) is 19.6 Å². The first kappa shape index (κ1) is 7.55. The number of aryl methyl sites for hydroxylation is 1. The molecule has 2 rings (SSSR count). The second kappa shape index (κ2) is 2.75. The van der Waals surface area contributed by atoms with Crippen LogP contribution in [0.15, 0.2) is 23.0 Å². The minimum atomic E-state index is 0.0606. The van der Waals surface area contributed by atoms with Gasteiger partial charge in [-0.15, -0.1) is 0 Å². The van der Waals surface area contributed by atoms with Gasteiger partial charge >= 0.3 is 0 Å². The average molecular weight is 165 g/mol. The Kier molecular flexibility index (Phi) is 1.73. The summed E-state index contributed by atoms with van der Waals surface area (Å²) in [6.07, 6.45) is 0.267. The Labute approximate surface area is 70.6 Å². The monoisotopic (exact) mass is 165 g/mol. The van der Waals surface area contributed by atoms with Crippen LogP contribution >= 0.6 is 0 Å². The van der Waals surface area contributed by atoms with Gasteiger partial charge in [0, 0.05) is 11.8 Å². The van der Waals surface area contributed by atoms with E-state index in [2.05, 4.69) is 0 Å². The Morgan fingerprint density at radius 3 is 3.00 bits per heavy atom. The molecule has 0 bridgehead atoms. The van der Waals surface area contributed by atoms with Crippen molar-refractivity contribution in [3.05, 3.63) is 34.2 Å². The lowest BCUT2D eigenvalue weighted by Gasteiger charge is -2.05. The Bertz CT molecular complexity index is 339. The van der Waals surface area contributed by atoms with Crippen LogP contribution in [0.5, 0.6) is 0 Å². The molecule has 0 spiro atoms. The summed E-state index contributed by atoms with van der Waals surface area (Å²) in [5.41, 5.74) is 1.06. The lowest BCUT2D eigenvalue weighted by molar-refractivity contribution is 0.378. The van der Waals surface area contributed by atoms with Crippen molar-refractivity contribution in [2.24, 2.45) is 0 Å². The largest absolute Gasteiger partial charge is 0.371 e. The molecule has 3 nitrogen and oxygen atoms in total. The van der Waals surface area contributed by atoms with Crippen molar-refractivity contribution < 1.29 is 4.74 Å². The fourth-order valence-corrected chi connectivity index (χ4v) is 1.23. The summed E-state index contributed by atoms with van der Waals surface area (Å²) in [6.45, 7) is 3.43. The first-order valence-corrected chi connectivity index (χ1v) is 4.05. The van der Waals surface area contributed by atoms with Gasteiger partial charge in [-0.2, -0.15) is 0 Å². The van der Waals surface area contributed by atoms with E-state index in [1.807, 2.05) is 13.0 Å². The zero-order valence-electron chi connectivity index (χ0n) is 6.99. The van der Waals surface area contributed by atoms with Crippen LogP contribution in [0.25, 0.3) is 0 Å². The summed E-state index contributed by atoms with van der Waals surface area (Å²) in [6, 6.07) is 5.29. The smallest absolute Gasteiger partial charge is 0.250 e. The molecule has 0 aliphatic carbocycles. The van der Waals surface area contributed by atoms with Crippen molar-refractivity contribution in [3.8, 4) is 0 Å². The third-order valence-electron chi connectivity index (χ3n) is 2.06. The van der Waals surface area contributed by atoms with Crippen molar-refractivity contribution >= 4 is 0 Å². The zero-order valence-corrected chi connectivity index (χ0v) is 6.99. The van der Waals surface area contributed by atoms with E-state index in [0.29, 0.717) is 6.54 Å². The third-order valence-corrected chi connectivity index (χ3v) is 2.06. The molecule has 0 aromatic carbocycles. The van der Waals surface area contributed by atoms with Crippen molar-refractivity contribution in [2.75, 3.05) is 6.61 Å². The molecule has 0 radical (unpaired) electrons. The Morgan fingerprint density at radius 2 is 2.42 bits per heavy atom. The Hall–Kier alpha value is -1.09. The number of hydrogen-bond acceptors (Lipinski definition) is 2. The van der Waals surface area contributed by atoms with E-state index in [9.17, 15) is 4.79 Å². The van der Waals surface area contributed by atoms with Crippen LogP contribution in [-0.4, -0.2) is 17.3 Å². The van der Waals surface area contributed by atoms with Gasteiger partial charge in [0.15, 0.2) is 0 Å². The molecule has 1 fully saturated rings. The SMILES string of the molecule is Cc1cccc(=O)n1CC1CO1. The van der Waals surface area contributed by atoms with Gasteiger partial charge in [0.2, 0.25) is 0 Å². The highest BCUT2D eigenvalue weighted by atomic mass is 16.6. The maximum atomic E-state index is 11.3. The average Bonchev–Trinajstić information content (AvgIpc) is 2.80. The first-order chi connectivity index (χ1) is 5.77. The van der Waals surface area contributed by atoms with Gasteiger partial charge in [-0.05, 0) is 13.0 Å². The van der Waals surface area contributed by atoms with Gasteiger partial charge in [0.05, 0.1) is 19.3 Å². The molecule has 0 N–H and O–H groups in total. The molecule has 0 amide bonds. The van der Waals surface area contributed by atoms with Crippen LogP contribution in [0.3, 0.4) is 0 Å². The van der Waals surface area contributed by atoms with E-state index in [0.717, 1.165) is 12.3 Å². The number of epoxide rings is 1. The molecule has 64 valence electrons. The van der Waals surface area contributed by atoms with Gasteiger partial charge in [-0.1, -0.05) is 6.07 Å². The lowest BCUT2D eigenvalue weighted by atomic mass is 10.3. The van der Waals surface area contributed by atoms with E-state index in [1.54, 1.807) is 16.7 Å². The summed E-state index contributed by atoms with van der Waals surface area (Å²) in [5.74, 6) is 0. The van der Waals surface area contributed by atoms with Crippen LogP contribution in [0.4, 0.5) is 0 Å². The van der Waals surface area contributed by atoms with Gasteiger partial charge < -0.3 is 9.30 Å². The maximum Gasteiger partial charge on any atom is 0.250 e. The summed E-state index contributed by atoms with van der Waals surface area (Å²) in [5, 5.41) is 0. The van der Waals surface area contributed by atoms with E-state index >= 15 is 0 Å². The third kappa shape index (κ3) is 1.41. The highest BCUT2D eigenvalue weighted by Gasteiger charge is 2.23. The number of hydrogen-bond donors (Lipinski definition) is 0. The molecule has 12 heavy (non-hydrogen) atoms. The van der Waals surface area contributed by atoms with E-state index in [4.69, 9.17) is 4.74 Å². The summed E-state index contributed by atoms with van der Waals surface area (Å²) >= 11 is 0. The second-order valence-corrected chi connectivity index (χ2v) is 3.07. The molecular weight excluding hydrogens is 154 g/mol. The quantitative estimate of drug-likeness (QED) is 0.600. The topological polar surface area (TPSA) is 34.5 Å². The van der Waals surface area contributed by atoms with E-state index < -0.39 is 0 Å². The van der Waals surface area contributed by atoms with Crippen LogP contribution in [0.1, 0.15) is 5.69 Å². The Balaban J connectivity index is 2.32. The minimum absolute atomic E-state index is 0.0606. The van der Waals surface area contributed by atoms with Gasteiger partial charge in [-0.25, -0.2) is 0 Å². The van der Waals surface area contributed by atoms with Crippen molar-refractivity contribution in [3.63, 3.8) is 0 Å². The highest BCUT2D eigenvalue weighted by Crippen LogP contribution is 2.11. The molecule has 3 heteroatoms. The maximum absolute atomic E-state index is 11.3. The highest BCUT2D eigenvalue weighted by molar-refractivity contribution is 5.04. The number of nitrogens with zero attached hydrogens (tertiary/aromatic N) is 1. The molecule has 0 saturated carbocycles. The van der Waals surface area contributed by atoms with E-state index in [1.165, 1.54) is 0 Å². The van der Waals surface area contributed by atoms with Gasteiger partial charge in [0.1, 0.15) is 0 Å². The van der Waals surface area contributed by atoms with Crippen LogP contribution in [0.2, 0.25) is 0 Å². The fraction of sp³-hybridized carbons (Fsp3) is 0.444. The first-order valence-electron chi connectivity index (χ1n) is 4.05. The number of rotatable bonds is 2. The van der Waals surface area contributed by atoms with E-state index in [-0.39, 0.29) is 11.7 Å². The number of ether oxygens (including phenoxy) is 1.